The average molecular weight is 271 g/mol. The van der Waals surface area contributed by atoms with Crippen LogP contribution in [0.4, 0.5) is 0 Å². The lowest BCUT2D eigenvalue weighted by Crippen LogP contribution is -2.46. The fourth-order valence-corrected chi connectivity index (χ4v) is 2.60. The van der Waals surface area contributed by atoms with Crippen LogP contribution in [0.25, 0.3) is 0 Å². The summed E-state index contributed by atoms with van der Waals surface area (Å²) in [4.78, 5) is 18.7. The maximum absolute atomic E-state index is 12.7. The predicted molar refractivity (Wildman–Crippen MR) is 79.1 cm³/mol. The van der Waals surface area contributed by atoms with Crippen molar-refractivity contribution in [3.05, 3.63) is 29.6 Å². The molecule has 0 aromatic carbocycles. The second kappa shape index (κ2) is 6.53. The van der Waals surface area contributed by atoms with Crippen molar-refractivity contribution in [3.8, 4) is 11.8 Å². The Morgan fingerprint density at radius 1 is 1.55 bits per heavy atom. The molecule has 106 valence electrons. The standard InChI is InChI=1S/C16H21N3O/c1-12-5-4-10-19(13(12)2)16(20)15-7-9-18-11-14(15)6-3-8-17/h7,9,11-13H,4-5,8,10,17H2,1-2H3. The molecule has 4 heteroatoms. The molecule has 2 unspecified atom stereocenters. The number of rotatable bonds is 1. The number of aromatic nitrogens is 1. The molecule has 2 heterocycles. The summed E-state index contributed by atoms with van der Waals surface area (Å²) in [6, 6.07) is 2.01. The Morgan fingerprint density at radius 3 is 3.10 bits per heavy atom. The summed E-state index contributed by atoms with van der Waals surface area (Å²) in [5.41, 5.74) is 6.68. The molecule has 2 rings (SSSR count). The van der Waals surface area contributed by atoms with Gasteiger partial charge in [0.05, 0.1) is 17.7 Å². The van der Waals surface area contributed by atoms with Crippen molar-refractivity contribution < 1.29 is 4.79 Å². The second-order valence-corrected chi connectivity index (χ2v) is 5.29. The van der Waals surface area contributed by atoms with Gasteiger partial charge in [-0.25, -0.2) is 0 Å². The molecule has 1 saturated heterocycles. The van der Waals surface area contributed by atoms with Crippen LogP contribution in [0.2, 0.25) is 0 Å². The number of hydrogen-bond donors (Lipinski definition) is 1. The van der Waals surface area contributed by atoms with E-state index >= 15 is 0 Å². The van der Waals surface area contributed by atoms with Gasteiger partial charge in [0.25, 0.3) is 5.91 Å². The van der Waals surface area contributed by atoms with E-state index in [1.54, 1.807) is 18.5 Å². The summed E-state index contributed by atoms with van der Waals surface area (Å²) in [5.74, 6) is 6.31. The first-order chi connectivity index (χ1) is 9.65. The van der Waals surface area contributed by atoms with Gasteiger partial charge in [0.2, 0.25) is 0 Å². The lowest BCUT2D eigenvalue weighted by Gasteiger charge is -2.38. The molecule has 2 atom stereocenters. The van der Waals surface area contributed by atoms with Gasteiger partial charge in [0.1, 0.15) is 0 Å². The zero-order chi connectivity index (χ0) is 14.5. The summed E-state index contributed by atoms with van der Waals surface area (Å²) in [5, 5.41) is 0. The largest absolute Gasteiger partial charge is 0.336 e. The molecule has 20 heavy (non-hydrogen) atoms. The van der Waals surface area contributed by atoms with Crippen LogP contribution in [0, 0.1) is 17.8 Å². The van der Waals surface area contributed by atoms with Crippen LogP contribution in [0.3, 0.4) is 0 Å². The maximum atomic E-state index is 12.7. The Kier molecular flexibility index (Phi) is 4.75. The number of nitrogens with two attached hydrogens (primary N) is 1. The van der Waals surface area contributed by atoms with E-state index in [1.165, 1.54) is 6.42 Å². The van der Waals surface area contributed by atoms with Gasteiger partial charge in [0, 0.05) is 25.0 Å². The minimum absolute atomic E-state index is 0.0489. The van der Waals surface area contributed by atoms with Gasteiger partial charge in [-0.15, -0.1) is 0 Å². The summed E-state index contributed by atoms with van der Waals surface area (Å²) >= 11 is 0. The molecule has 1 fully saturated rings. The molecule has 1 aliphatic heterocycles. The van der Waals surface area contributed by atoms with E-state index in [0.29, 0.717) is 17.0 Å². The Balaban J connectivity index is 2.29. The highest BCUT2D eigenvalue weighted by molar-refractivity contribution is 5.96. The first-order valence-corrected chi connectivity index (χ1v) is 7.09. The van der Waals surface area contributed by atoms with Gasteiger partial charge in [0.15, 0.2) is 0 Å². The van der Waals surface area contributed by atoms with Gasteiger partial charge in [-0.05, 0) is 31.7 Å². The Labute approximate surface area is 120 Å². The molecule has 1 aromatic rings. The monoisotopic (exact) mass is 271 g/mol. The number of piperidine rings is 1. The van der Waals surface area contributed by atoms with Gasteiger partial charge in [-0.1, -0.05) is 18.8 Å². The number of carbonyl (C=O) groups excluding carboxylic acids is 1. The minimum Gasteiger partial charge on any atom is -0.336 e. The van der Waals surface area contributed by atoms with Crippen LogP contribution < -0.4 is 5.73 Å². The van der Waals surface area contributed by atoms with Gasteiger partial charge in [-0.3, -0.25) is 9.78 Å². The zero-order valence-electron chi connectivity index (χ0n) is 12.1. The fraction of sp³-hybridized carbons (Fsp3) is 0.500. The van der Waals surface area contributed by atoms with Crippen molar-refractivity contribution in [2.75, 3.05) is 13.1 Å². The van der Waals surface area contributed by atoms with Crippen molar-refractivity contribution in [1.29, 1.82) is 0 Å². The number of carbonyl (C=O) groups is 1. The average Bonchev–Trinajstić information content (AvgIpc) is 2.47. The summed E-state index contributed by atoms with van der Waals surface area (Å²) < 4.78 is 0. The molecule has 1 amide bonds. The molecule has 0 bridgehead atoms. The smallest absolute Gasteiger partial charge is 0.255 e. The predicted octanol–water partition coefficient (Wildman–Crippen LogP) is 1.65. The third-order valence-electron chi connectivity index (χ3n) is 4.01. The highest BCUT2D eigenvalue weighted by Crippen LogP contribution is 2.25. The number of amides is 1. The van der Waals surface area contributed by atoms with Crippen LogP contribution in [0.15, 0.2) is 18.5 Å². The van der Waals surface area contributed by atoms with E-state index in [4.69, 9.17) is 5.73 Å². The van der Waals surface area contributed by atoms with E-state index in [0.717, 1.165) is 13.0 Å². The summed E-state index contributed by atoms with van der Waals surface area (Å²) in [6.45, 7) is 5.41. The van der Waals surface area contributed by atoms with Gasteiger partial charge < -0.3 is 10.6 Å². The van der Waals surface area contributed by atoms with Crippen LogP contribution in [0.1, 0.15) is 42.6 Å². The Morgan fingerprint density at radius 2 is 2.35 bits per heavy atom. The molecular formula is C16H21N3O. The topological polar surface area (TPSA) is 59.2 Å². The molecule has 0 radical (unpaired) electrons. The molecule has 1 aromatic heterocycles. The third kappa shape index (κ3) is 3.00. The summed E-state index contributed by atoms with van der Waals surface area (Å²) in [6.07, 6.45) is 5.51. The highest BCUT2D eigenvalue weighted by atomic mass is 16.2. The van der Waals surface area contributed by atoms with E-state index in [-0.39, 0.29) is 18.5 Å². The first-order valence-electron chi connectivity index (χ1n) is 7.09. The van der Waals surface area contributed by atoms with Crippen molar-refractivity contribution >= 4 is 5.91 Å². The van der Waals surface area contributed by atoms with Gasteiger partial charge >= 0.3 is 0 Å². The quantitative estimate of drug-likeness (QED) is 0.790. The van der Waals surface area contributed by atoms with Crippen molar-refractivity contribution in [2.24, 2.45) is 11.7 Å². The summed E-state index contributed by atoms with van der Waals surface area (Å²) in [7, 11) is 0. The molecule has 2 N–H and O–H groups in total. The van der Waals surface area contributed by atoms with Crippen LogP contribution >= 0.6 is 0 Å². The second-order valence-electron chi connectivity index (χ2n) is 5.29. The van der Waals surface area contributed by atoms with Crippen molar-refractivity contribution in [2.45, 2.75) is 32.7 Å². The lowest BCUT2D eigenvalue weighted by atomic mass is 9.91. The SMILES string of the molecule is CC1CCCN(C(=O)c2ccncc2C#CCN)C1C. The zero-order valence-corrected chi connectivity index (χ0v) is 12.1. The van der Waals surface area contributed by atoms with E-state index < -0.39 is 0 Å². The Hall–Kier alpha value is -1.86. The molecule has 4 nitrogen and oxygen atoms in total. The van der Waals surface area contributed by atoms with Crippen LogP contribution in [-0.4, -0.2) is 34.9 Å². The number of hydrogen-bond acceptors (Lipinski definition) is 3. The molecule has 0 aliphatic carbocycles. The molecule has 0 spiro atoms. The highest BCUT2D eigenvalue weighted by Gasteiger charge is 2.29. The molecule has 0 saturated carbocycles. The number of likely N-dealkylation sites (tertiary alicyclic amines) is 1. The molecule has 1 aliphatic rings. The normalized spacial score (nSPS) is 22.1. The number of nitrogens with zero attached hydrogens (tertiary/aromatic N) is 2. The van der Waals surface area contributed by atoms with Crippen molar-refractivity contribution in [1.82, 2.24) is 9.88 Å². The van der Waals surface area contributed by atoms with E-state index in [1.807, 2.05) is 4.90 Å². The third-order valence-corrected chi connectivity index (χ3v) is 4.01. The lowest BCUT2D eigenvalue weighted by molar-refractivity contribution is 0.0550. The van der Waals surface area contributed by atoms with E-state index in [2.05, 4.69) is 30.7 Å². The fourth-order valence-electron chi connectivity index (χ4n) is 2.60. The van der Waals surface area contributed by atoms with Crippen LogP contribution in [0.5, 0.6) is 0 Å². The first kappa shape index (κ1) is 14.5. The Bertz CT molecular complexity index is 544. The minimum atomic E-state index is 0.0489. The van der Waals surface area contributed by atoms with E-state index in [9.17, 15) is 4.79 Å². The van der Waals surface area contributed by atoms with Gasteiger partial charge in [-0.2, -0.15) is 0 Å². The maximum Gasteiger partial charge on any atom is 0.255 e. The number of pyridine rings is 1. The molecular weight excluding hydrogens is 250 g/mol. The van der Waals surface area contributed by atoms with Crippen molar-refractivity contribution in [3.63, 3.8) is 0 Å². The van der Waals surface area contributed by atoms with Crippen LogP contribution in [-0.2, 0) is 0 Å².